The molecule has 0 unspecified atom stereocenters. The van der Waals surface area contributed by atoms with Crippen molar-refractivity contribution in [3.8, 4) is 0 Å². The van der Waals surface area contributed by atoms with Crippen LogP contribution in [0.1, 0.15) is 32.3 Å². The molecule has 0 aromatic heterocycles. The smallest absolute Gasteiger partial charge is 0.240 e. The molecule has 2 N–H and O–H groups in total. The van der Waals surface area contributed by atoms with E-state index in [1.165, 1.54) is 18.2 Å². The van der Waals surface area contributed by atoms with E-state index in [4.69, 9.17) is 16.7 Å². The number of hydrogen-bond donors (Lipinski definition) is 2. The summed E-state index contributed by atoms with van der Waals surface area (Å²) in [5.74, 6) is 0.333. The molecule has 0 heterocycles. The summed E-state index contributed by atoms with van der Waals surface area (Å²) < 4.78 is 26.8. The molecule has 0 spiro atoms. The van der Waals surface area contributed by atoms with Crippen molar-refractivity contribution in [2.45, 2.75) is 38.2 Å². The summed E-state index contributed by atoms with van der Waals surface area (Å²) >= 11 is 5.84. The lowest BCUT2D eigenvalue weighted by molar-refractivity contribution is 0.281. The van der Waals surface area contributed by atoms with E-state index in [0.29, 0.717) is 23.0 Å². The van der Waals surface area contributed by atoms with Crippen LogP contribution in [0.2, 0.25) is 5.02 Å². The fourth-order valence-electron chi connectivity index (χ4n) is 1.73. The molecule has 4 nitrogen and oxygen atoms in total. The van der Waals surface area contributed by atoms with Crippen LogP contribution in [0.5, 0.6) is 0 Å². The van der Waals surface area contributed by atoms with Gasteiger partial charge in [-0.1, -0.05) is 38.3 Å². The van der Waals surface area contributed by atoms with Crippen LogP contribution in [0.3, 0.4) is 0 Å². The summed E-state index contributed by atoms with van der Waals surface area (Å²) in [7, 11) is -3.54. The highest BCUT2D eigenvalue weighted by molar-refractivity contribution is 7.89. The van der Waals surface area contributed by atoms with Crippen LogP contribution in [-0.4, -0.2) is 20.1 Å². The number of nitrogens with one attached hydrogen (secondary N) is 1. The average Bonchev–Trinajstić information content (AvgIpc) is 2.40. The van der Waals surface area contributed by atoms with E-state index in [0.717, 1.165) is 12.8 Å². The molecule has 0 saturated carbocycles. The van der Waals surface area contributed by atoms with Crippen LogP contribution in [0, 0.1) is 5.92 Å². The largest absolute Gasteiger partial charge is 0.392 e. The van der Waals surface area contributed by atoms with Crippen molar-refractivity contribution in [3.05, 3.63) is 28.8 Å². The van der Waals surface area contributed by atoms with E-state index in [2.05, 4.69) is 4.72 Å². The van der Waals surface area contributed by atoms with Crippen molar-refractivity contribution in [2.24, 2.45) is 5.92 Å². The molecule has 19 heavy (non-hydrogen) atoms. The monoisotopic (exact) mass is 305 g/mol. The molecule has 0 atom stereocenters. The van der Waals surface area contributed by atoms with Gasteiger partial charge in [0.25, 0.3) is 0 Å². The SMILES string of the molecule is CCC(CC)CNS(=O)(=O)c1ccc(Cl)c(CO)c1. The number of aliphatic hydroxyl groups is 1. The minimum atomic E-state index is -3.54. The molecule has 0 saturated heterocycles. The molecule has 6 heteroatoms. The predicted molar refractivity (Wildman–Crippen MR) is 76.6 cm³/mol. The Hall–Kier alpha value is -0.620. The Morgan fingerprint density at radius 3 is 2.47 bits per heavy atom. The van der Waals surface area contributed by atoms with Gasteiger partial charge < -0.3 is 5.11 Å². The second kappa shape index (κ2) is 7.24. The van der Waals surface area contributed by atoms with Crippen LogP contribution in [0.15, 0.2) is 23.1 Å². The molecule has 0 bridgehead atoms. The van der Waals surface area contributed by atoms with Gasteiger partial charge in [-0.3, -0.25) is 0 Å². The summed E-state index contributed by atoms with van der Waals surface area (Å²) in [5, 5.41) is 9.47. The summed E-state index contributed by atoms with van der Waals surface area (Å²) in [4.78, 5) is 0.131. The molecule has 108 valence electrons. The molecular formula is C13H20ClNO3S. The Kier molecular flexibility index (Phi) is 6.26. The third-order valence-corrected chi connectivity index (χ3v) is 5.00. The Bertz CT molecular complexity index is 513. The van der Waals surface area contributed by atoms with E-state index >= 15 is 0 Å². The van der Waals surface area contributed by atoms with Crippen molar-refractivity contribution in [1.82, 2.24) is 4.72 Å². The highest BCUT2D eigenvalue weighted by Gasteiger charge is 2.16. The van der Waals surface area contributed by atoms with Crippen molar-refractivity contribution in [2.75, 3.05) is 6.54 Å². The first kappa shape index (κ1) is 16.4. The normalized spacial score (nSPS) is 12.1. The van der Waals surface area contributed by atoms with E-state index in [9.17, 15) is 8.42 Å². The molecule has 0 aliphatic carbocycles. The minimum absolute atomic E-state index is 0.131. The molecule has 0 amide bonds. The van der Waals surface area contributed by atoms with E-state index < -0.39 is 10.0 Å². The molecular weight excluding hydrogens is 286 g/mol. The summed E-state index contributed by atoms with van der Waals surface area (Å²) in [5.41, 5.74) is 0.409. The third kappa shape index (κ3) is 4.45. The van der Waals surface area contributed by atoms with Crippen molar-refractivity contribution >= 4 is 21.6 Å². The first-order valence-electron chi connectivity index (χ1n) is 6.33. The van der Waals surface area contributed by atoms with Crippen LogP contribution in [0.25, 0.3) is 0 Å². The first-order chi connectivity index (χ1) is 8.94. The second-order valence-electron chi connectivity index (χ2n) is 4.45. The van der Waals surface area contributed by atoms with Gasteiger partial charge in [0.05, 0.1) is 11.5 Å². The topological polar surface area (TPSA) is 66.4 Å². The maximum atomic E-state index is 12.1. The summed E-state index contributed by atoms with van der Waals surface area (Å²) in [6.07, 6.45) is 1.86. The van der Waals surface area contributed by atoms with E-state index in [1.807, 2.05) is 13.8 Å². The van der Waals surface area contributed by atoms with Crippen LogP contribution in [0.4, 0.5) is 0 Å². The quantitative estimate of drug-likeness (QED) is 0.813. The average molecular weight is 306 g/mol. The number of sulfonamides is 1. The fraction of sp³-hybridized carbons (Fsp3) is 0.538. The number of benzene rings is 1. The van der Waals surface area contributed by atoms with Crippen molar-refractivity contribution in [1.29, 1.82) is 0 Å². The summed E-state index contributed by atoms with van der Waals surface area (Å²) in [6, 6.07) is 4.33. The zero-order valence-electron chi connectivity index (χ0n) is 11.2. The molecule has 0 aliphatic heterocycles. The molecule has 1 aromatic rings. The van der Waals surface area contributed by atoms with E-state index in [-0.39, 0.29) is 11.5 Å². The van der Waals surface area contributed by atoms with Gasteiger partial charge in [0.2, 0.25) is 10.0 Å². The van der Waals surface area contributed by atoms with E-state index in [1.54, 1.807) is 0 Å². The summed E-state index contributed by atoms with van der Waals surface area (Å²) in [6.45, 7) is 4.21. The highest BCUT2D eigenvalue weighted by Crippen LogP contribution is 2.20. The van der Waals surface area contributed by atoms with Gasteiger partial charge in [0.1, 0.15) is 0 Å². The van der Waals surface area contributed by atoms with Crippen LogP contribution in [-0.2, 0) is 16.6 Å². The Morgan fingerprint density at radius 1 is 1.32 bits per heavy atom. The molecule has 0 aliphatic rings. The lowest BCUT2D eigenvalue weighted by Crippen LogP contribution is -2.29. The standard InChI is InChI=1S/C13H20ClNO3S/c1-3-10(4-2)8-15-19(17,18)12-5-6-13(14)11(7-12)9-16/h5-7,10,15-16H,3-4,8-9H2,1-2H3. The number of hydrogen-bond acceptors (Lipinski definition) is 3. The number of halogens is 1. The van der Waals surface area contributed by atoms with Crippen LogP contribution >= 0.6 is 11.6 Å². The van der Waals surface area contributed by atoms with Crippen molar-refractivity contribution in [3.63, 3.8) is 0 Å². The van der Waals surface area contributed by atoms with Gasteiger partial charge in [-0.2, -0.15) is 0 Å². The van der Waals surface area contributed by atoms with Gasteiger partial charge in [0.15, 0.2) is 0 Å². The first-order valence-corrected chi connectivity index (χ1v) is 8.19. The van der Waals surface area contributed by atoms with Crippen LogP contribution < -0.4 is 4.72 Å². The second-order valence-corrected chi connectivity index (χ2v) is 6.62. The fourth-order valence-corrected chi connectivity index (χ4v) is 3.07. The zero-order chi connectivity index (χ0) is 14.5. The minimum Gasteiger partial charge on any atom is -0.392 e. The molecule has 1 rings (SSSR count). The number of aliphatic hydroxyl groups excluding tert-OH is 1. The van der Waals surface area contributed by atoms with Gasteiger partial charge in [-0.05, 0) is 29.7 Å². The highest BCUT2D eigenvalue weighted by atomic mass is 35.5. The Balaban J connectivity index is 2.88. The Labute approximate surface area is 119 Å². The Morgan fingerprint density at radius 2 is 1.95 bits per heavy atom. The predicted octanol–water partition coefficient (Wildman–Crippen LogP) is 2.55. The third-order valence-electron chi connectivity index (χ3n) is 3.21. The maximum Gasteiger partial charge on any atom is 0.240 e. The lowest BCUT2D eigenvalue weighted by atomic mass is 10.0. The van der Waals surface area contributed by atoms with Gasteiger partial charge in [-0.25, -0.2) is 13.1 Å². The van der Waals surface area contributed by atoms with Gasteiger partial charge in [-0.15, -0.1) is 0 Å². The maximum absolute atomic E-state index is 12.1. The molecule has 1 aromatic carbocycles. The van der Waals surface area contributed by atoms with Crippen molar-refractivity contribution < 1.29 is 13.5 Å². The van der Waals surface area contributed by atoms with Gasteiger partial charge in [0, 0.05) is 11.6 Å². The number of rotatable bonds is 7. The zero-order valence-corrected chi connectivity index (χ0v) is 12.8. The lowest BCUT2D eigenvalue weighted by Gasteiger charge is -2.14. The molecule has 0 fully saturated rings. The van der Waals surface area contributed by atoms with Gasteiger partial charge >= 0.3 is 0 Å². The molecule has 0 radical (unpaired) electrons.